The van der Waals surface area contributed by atoms with E-state index in [1.54, 1.807) is 24.3 Å². The third-order valence-electron chi connectivity index (χ3n) is 6.11. The van der Waals surface area contributed by atoms with Crippen molar-refractivity contribution < 1.29 is 13.9 Å². The zero-order chi connectivity index (χ0) is 25.1. The summed E-state index contributed by atoms with van der Waals surface area (Å²) in [6, 6.07) is 10.9. The number of benzene rings is 2. The molecule has 0 atom stereocenters. The maximum atomic E-state index is 13.6. The van der Waals surface area contributed by atoms with Crippen molar-refractivity contribution in [2.75, 3.05) is 20.2 Å². The maximum absolute atomic E-state index is 13.6. The number of rotatable bonds is 7. The summed E-state index contributed by atoms with van der Waals surface area (Å²) in [5, 5.41) is 9.84. The number of nitrogens with zero attached hydrogens (tertiary/aromatic N) is 5. The lowest BCUT2D eigenvalue weighted by Crippen LogP contribution is -2.30. The van der Waals surface area contributed by atoms with Gasteiger partial charge in [-0.05, 0) is 68.4 Å². The van der Waals surface area contributed by atoms with Crippen molar-refractivity contribution in [3.8, 4) is 5.69 Å². The van der Waals surface area contributed by atoms with E-state index < -0.39 is 5.97 Å². The Morgan fingerprint density at radius 3 is 2.64 bits per heavy atom. The van der Waals surface area contributed by atoms with Crippen molar-refractivity contribution >= 4 is 28.6 Å². The normalized spacial score (nSPS) is 14.3. The topological polar surface area (TPSA) is 106 Å². The Morgan fingerprint density at radius 1 is 1.11 bits per heavy atom. The summed E-state index contributed by atoms with van der Waals surface area (Å²) in [5.74, 6) is 0.710. The van der Waals surface area contributed by atoms with Crippen LogP contribution in [0.4, 0.5) is 4.39 Å². The van der Waals surface area contributed by atoms with Gasteiger partial charge in [-0.15, -0.1) is 10.2 Å². The molecule has 1 N–H and O–H groups in total. The minimum Gasteiger partial charge on any atom is -0.465 e. The van der Waals surface area contributed by atoms with Crippen LogP contribution < -0.4 is 5.56 Å². The molecule has 9 nitrogen and oxygen atoms in total. The number of H-pyrrole nitrogens is 1. The summed E-state index contributed by atoms with van der Waals surface area (Å²) in [4.78, 5) is 34.2. The van der Waals surface area contributed by atoms with Crippen LogP contribution in [-0.2, 0) is 17.0 Å². The molecule has 186 valence electrons. The number of esters is 1. The Balaban J connectivity index is 1.44. The Hall–Kier alpha value is -3.57. The van der Waals surface area contributed by atoms with Crippen LogP contribution in [0.25, 0.3) is 16.6 Å². The SMILES string of the molecule is COC(=O)c1ccc2c(=O)[nH]c(CSc3nnc(CN4CCCCC4)n3-c3ccc(F)cc3)nc2c1. The molecule has 11 heteroatoms. The molecular weight excluding hydrogens is 483 g/mol. The molecule has 0 unspecified atom stereocenters. The van der Waals surface area contributed by atoms with Gasteiger partial charge in [0, 0.05) is 5.69 Å². The molecule has 0 bridgehead atoms. The van der Waals surface area contributed by atoms with Crippen molar-refractivity contribution in [3.63, 3.8) is 0 Å². The number of carbonyl (C=O) groups excluding carboxylic acids is 1. The monoisotopic (exact) mass is 508 g/mol. The number of ether oxygens (including phenoxy) is 1. The Labute approximate surface area is 210 Å². The van der Waals surface area contributed by atoms with Gasteiger partial charge in [0.15, 0.2) is 11.0 Å². The third-order valence-corrected chi connectivity index (χ3v) is 7.05. The number of likely N-dealkylation sites (tertiary alicyclic amines) is 1. The molecule has 0 aliphatic carbocycles. The van der Waals surface area contributed by atoms with E-state index in [4.69, 9.17) is 4.74 Å². The van der Waals surface area contributed by atoms with E-state index in [0.29, 0.717) is 39.7 Å². The molecule has 1 aliphatic rings. The molecule has 0 amide bonds. The van der Waals surface area contributed by atoms with Gasteiger partial charge in [0.05, 0.1) is 35.9 Å². The molecule has 36 heavy (non-hydrogen) atoms. The number of hydrogen-bond acceptors (Lipinski definition) is 8. The van der Waals surface area contributed by atoms with Gasteiger partial charge < -0.3 is 9.72 Å². The smallest absolute Gasteiger partial charge is 0.337 e. The summed E-state index contributed by atoms with van der Waals surface area (Å²) in [6.07, 6.45) is 3.55. The lowest BCUT2D eigenvalue weighted by Gasteiger charge is -2.26. The summed E-state index contributed by atoms with van der Waals surface area (Å²) in [6.45, 7) is 2.66. The maximum Gasteiger partial charge on any atom is 0.337 e. The molecule has 2 aromatic heterocycles. The lowest BCUT2D eigenvalue weighted by atomic mass is 10.1. The van der Waals surface area contributed by atoms with E-state index >= 15 is 0 Å². The van der Waals surface area contributed by atoms with Crippen LogP contribution >= 0.6 is 11.8 Å². The first kappa shape index (κ1) is 24.1. The first-order valence-corrected chi connectivity index (χ1v) is 12.7. The van der Waals surface area contributed by atoms with Crippen LogP contribution in [0.1, 0.15) is 41.3 Å². The standard InChI is InChI=1S/C25H25FN6O3S/c1-35-24(34)16-5-10-19-20(13-16)27-21(28-23(19)33)15-36-25-30-29-22(14-31-11-3-2-4-12-31)32(25)18-8-6-17(26)7-9-18/h5-10,13H,2-4,11-12,14-15H2,1H3,(H,27,28,33). The van der Waals surface area contributed by atoms with Gasteiger partial charge >= 0.3 is 5.97 Å². The fourth-order valence-corrected chi connectivity index (χ4v) is 5.14. The Kier molecular flexibility index (Phi) is 7.10. The number of fused-ring (bicyclic) bond motifs is 1. The minimum atomic E-state index is -0.497. The molecule has 1 fully saturated rings. The highest BCUT2D eigenvalue weighted by Crippen LogP contribution is 2.26. The second-order valence-electron chi connectivity index (χ2n) is 8.57. The van der Waals surface area contributed by atoms with E-state index in [2.05, 4.69) is 25.1 Å². The molecule has 0 saturated carbocycles. The first-order chi connectivity index (χ1) is 17.5. The van der Waals surface area contributed by atoms with Gasteiger partial charge in [0.25, 0.3) is 5.56 Å². The molecule has 4 aromatic rings. The molecule has 2 aromatic carbocycles. The number of carbonyl (C=O) groups is 1. The molecule has 5 rings (SSSR count). The molecule has 0 spiro atoms. The highest BCUT2D eigenvalue weighted by Gasteiger charge is 2.19. The summed E-state index contributed by atoms with van der Waals surface area (Å²) < 4.78 is 20.3. The number of nitrogens with one attached hydrogen (secondary N) is 1. The van der Waals surface area contributed by atoms with E-state index in [1.807, 2.05) is 4.57 Å². The quantitative estimate of drug-likeness (QED) is 0.298. The van der Waals surface area contributed by atoms with Crippen LogP contribution in [0.3, 0.4) is 0 Å². The molecule has 3 heterocycles. The molecule has 1 aliphatic heterocycles. The number of piperidine rings is 1. The van der Waals surface area contributed by atoms with Crippen molar-refractivity contribution in [1.82, 2.24) is 29.6 Å². The van der Waals surface area contributed by atoms with Gasteiger partial charge in [0.2, 0.25) is 0 Å². The largest absolute Gasteiger partial charge is 0.465 e. The summed E-state index contributed by atoms with van der Waals surface area (Å²) >= 11 is 1.37. The van der Waals surface area contributed by atoms with E-state index in [0.717, 1.165) is 37.4 Å². The molecule has 0 radical (unpaired) electrons. The number of thioether (sulfide) groups is 1. The van der Waals surface area contributed by atoms with Crippen LogP contribution in [0.5, 0.6) is 0 Å². The first-order valence-electron chi connectivity index (χ1n) is 11.7. The van der Waals surface area contributed by atoms with E-state index in [1.165, 1.54) is 43.5 Å². The van der Waals surface area contributed by atoms with Gasteiger partial charge in [-0.1, -0.05) is 18.2 Å². The number of methoxy groups -OCH3 is 1. The fraction of sp³-hybridized carbons (Fsp3) is 0.320. The van der Waals surface area contributed by atoms with Crippen molar-refractivity contribution in [1.29, 1.82) is 0 Å². The predicted octanol–water partition coefficient (Wildman–Crippen LogP) is 3.71. The van der Waals surface area contributed by atoms with Gasteiger partial charge in [-0.3, -0.25) is 14.3 Å². The third kappa shape index (κ3) is 5.17. The second-order valence-corrected chi connectivity index (χ2v) is 9.51. The van der Waals surface area contributed by atoms with Crippen LogP contribution in [-0.4, -0.2) is 55.8 Å². The fourth-order valence-electron chi connectivity index (χ4n) is 4.30. The van der Waals surface area contributed by atoms with Crippen molar-refractivity contribution in [3.05, 3.63) is 75.8 Å². The average molecular weight is 509 g/mol. The average Bonchev–Trinajstić information content (AvgIpc) is 3.29. The van der Waals surface area contributed by atoms with Gasteiger partial charge in [-0.2, -0.15) is 0 Å². The minimum absolute atomic E-state index is 0.294. The number of hydrogen-bond donors (Lipinski definition) is 1. The van der Waals surface area contributed by atoms with Gasteiger partial charge in [0.1, 0.15) is 11.6 Å². The van der Waals surface area contributed by atoms with E-state index in [-0.39, 0.29) is 11.4 Å². The number of aromatic amines is 1. The molecule has 1 saturated heterocycles. The zero-order valence-corrected chi connectivity index (χ0v) is 20.6. The predicted molar refractivity (Wildman–Crippen MR) is 134 cm³/mol. The summed E-state index contributed by atoms with van der Waals surface area (Å²) in [5.41, 5.74) is 1.19. The van der Waals surface area contributed by atoms with Crippen LogP contribution in [0.15, 0.2) is 52.4 Å². The number of halogens is 1. The van der Waals surface area contributed by atoms with Crippen LogP contribution in [0.2, 0.25) is 0 Å². The van der Waals surface area contributed by atoms with E-state index in [9.17, 15) is 14.0 Å². The van der Waals surface area contributed by atoms with Crippen LogP contribution in [0, 0.1) is 5.82 Å². The second kappa shape index (κ2) is 10.6. The highest BCUT2D eigenvalue weighted by molar-refractivity contribution is 7.98. The Bertz CT molecular complexity index is 1450. The lowest BCUT2D eigenvalue weighted by molar-refractivity contribution is 0.0601. The molecular formula is C25H25FN6O3S. The van der Waals surface area contributed by atoms with Gasteiger partial charge in [-0.25, -0.2) is 14.2 Å². The highest BCUT2D eigenvalue weighted by atomic mass is 32.2. The Morgan fingerprint density at radius 2 is 1.89 bits per heavy atom. The summed E-state index contributed by atoms with van der Waals surface area (Å²) in [7, 11) is 1.30. The van der Waals surface area contributed by atoms with Crippen molar-refractivity contribution in [2.24, 2.45) is 0 Å². The zero-order valence-electron chi connectivity index (χ0n) is 19.7. The van der Waals surface area contributed by atoms with Crippen molar-refractivity contribution in [2.45, 2.75) is 36.7 Å². The number of aromatic nitrogens is 5.